The van der Waals surface area contributed by atoms with E-state index < -0.39 is 6.10 Å². The number of rotatable bonds is 9. The van der Waals surface area contributed by atoms with E-state index in [-0.39, 0.29) is 18.4 Å². The Morgan fingerprint density at radius 2 is 1.97 bits per heavy atom. The SMILES string of the molecule is CC[C@H]1Oc2ccccc2N(CC(=O)NCCCN(CC)c2cccc(C)c2)C1=O. The van der Waals surface area contributed by atoms with E-state index in [0.717, 1.165) is 19.5 Å². The van der Waals surface area contributed by atoms with Gasteiger partial charge in [-0.25, -0.2) is 0 Å². The fraction of sp³-hybridized carbons (Fsp3) is 0.417. The Morgan fingerprint density at radius 1 is 1.17 bits per heavy atom. The minimum atomic E-state index is -0.542. The summed E-state index contributed by atoms with van der Waals surface area (Å²) in [5.41, 5.74) is 3.09. The molecule has 0 fully saturated rings. The van der Waals surface area contributed by atoms with Gasteiger partial charge in [0.25, 0.3) is 5.91 Å². The van der Waals surface area contributed by atoms with Crippen molar-refractivity contribution in [1.82, 2.24) is 5.32 Å². The lowest BCUT2D eigenvalue weighted by atomic mass is 10.1. The van der Waals surface area contributed by atoms with Crippen LogP contribution in [0.25, 0.3) is 0 Å². The second-order valence-electron chi connectivity index (χ2n) is 7.53. The van der Waals surface area contributed by atoms with E-state index in [1.54, 1.807) is 0 Å². The zero-order valence-electron chi connectivity index (χ0n) is 18.1. The molecule has 2 aromatic rings. The minimum Gasteiger partial charge on any atom is -0.478 e. The summed E-state index contributed by atoms with van der Waals surface area (Å²) < 4.78 is 5.76. The first kappa shape index (κ1) is 21.7. The van der Waals surface area contributed by atoms with Crippen LogP contribution in [0.5, 0.6) is 5.75 Å². The molecule has 0 saturated carbocycles. The van der Waals surface area contributed by atoms with Gasteiger partial charge in [-0.2, -0.15) is 0 Å². The fourth-order valence-electron chi connectivity index (χ4n) is 3.69. The van der Waals surface area contributed by atoms with Crippen LogP contribution in [0.3, 0.4) is 0 Å². The predicted molar refractivity (Wildman–Crippen MR) is 120 cm³/mol. The van der Waals surface area contributed by atoms with Crippen LogP contribution in [0.2, 0.25) is 0 Å². The molecular weight excluding hydrogens is 378 g/mol. The normalized spacial score (nSPS) is 15.4. The maximum Gasteiger partial charge on any atom is 0.268 e. The van der Waals surface area contributed by atoms with Crippen LogP contribution in [-0.4, -0.2) is 44.1 Å². The van der Waals surface area contributed by atoms with Crippen molar-refractivity contribution < 1.29 is 14.3 Å². The zero-order valence-corrected chi connectivity index (χ0v) is 18.1. The standard InChI is InChI=1S/C24H31N3O3/c1-4-21-24(29)27(20-12-6-7-13-22(20)30-21)17-23(28)25-14-9-15-26(5-2)19-11-8-10-18(3)16-19/h6-8,10-13,16,21H,4-5,9,14-15,17H2,1-3H3,(H,25,28)/t21-/m1/s1. The Morgan fingerprint density at radius 3 is 2.70 bits per heavy atom. The highest BCUT2D eigenvalue weighted by Gasteiger charge is 2.34. The summed E-state index contributed by atoms with van der Waals surface area (Å²) in [4.78, 5) is 29.1. The molecule has 1 atom stereocenters. The zero-order chi connectivity index (χ0) is 21.5. The van der Waals surface area contributed by atoms with Gasteiger partial charge in [-0.05, 0) is 56.5 Å². The molecule has 0 saturated heterocycles. The number of nitrogens with one attached hydrogen (secondary N) is 1. The van der Waals surface area contributed by atoms with Crippen molar-refractivity contribution in [3.05, 3.63) is 54.1 Å². The molecule has 2 amide bonds. The summed E-state index contributed by atoms with van der Waals surface area (Å²) in [5, 5.41) is 2.96. The molecule has 1 heterocycles. The molecule has 2 aromatic carbocycles. The second kappa shape index (κ2) is 10.1. The van der Waals surface area contributed by atoms with E-state index in [2.05, 4.69) is 48.3 Å². The second-order valence-corrected chi connectivity index (χ2v) is 7.53. The average Bonchev–Trinajstić information content (AvgIpc) is 2.75. The summed E-state index contributed by atoms with van der Waals surface area (Å²) in [6, 6.07) is 15.8. The third-order valence-electron chi connectivity index (χ3n) is 5.31. The minimum absolute atomic E-state index is 0.00504. The van der Waals surface area contributed by atoms with E-state index >= 15 is 0 Å². The third-order valence-corrected chi connectivity index (χ3v) is 5.31. The number of hydrogen-bond acceptors (Lipinski definition) is 4. The van der Waals surface area contributed by atoms with Gasteiger partial charge < -0.3 is 15.0 Å². The summed E-state index contributed by atoms with van der Waals surface area (Å²) in [5.74, 6) is 0.324. The van der Waals surface area contributed by atoms with Crippen LogP contribution < -0.4 is 19.9 Å². The van der Waals surface area contributed by atoms with Gasteiger partial charge in [0.1, 0.15) is 12.3 Å². The Kier molecular flexibility index (Phi) is 7.33. The van der Waals surface area contributed by atoms with Crippen molar-refractivity contribution in [3.8, 4) is 5.75 Å². The molecule has 0 unspecified atom stereocenters. The number of benzene rings is 2. The van der Waals surface area contributed by atoms with Gasteiger partial charge in [0, 0.05) is 25.3 Å². The molecule has 6 nitrogen and oxygen atoms in total. The van der Waals surface area contributed by atoms with Crippen molar-refractivity contribution in [2.45, 2.75) is 39.7 Å². The highest BCUT2D eigenvalue weighted by Crippen LogP contribution is 2.34. The number of hydrogen-bond donors (Lipinski definition) is 1. The van der Waals surface area contributed by atoms with Crippen LogP contribution in [0.1, 0.15) is 32.3 Å². The van der Waals surface area contributed by atoms with Gasteiger partial charge in [0.2, 0.25) is 5.91 Å². The van der Waals surface area contributed by atoms with Crippen molar-refractivity contribution in [1.29, 1.82) is 0 Å². The maximum atomic E-state index is 12.7. The molecule has 0 spiro atoms. The van der Waals surface area contributed by atoms with Gasteiger partial charge in [-0.15, -0.1) is 0 Å². The quantitative estimate of drug-likeness (QED) is 0.644. The highest BCUT2D eigenvalue weighted by molar-refractivity contribution is 6.03. The number of anilines is 2. The Bertz CT molecular complexity index is 884. The lowest BCUT2D eigenvalue weighted by Crippen LogP contribution is -2.49. The maximum absolute atomic E-state index is 12.7. The number of carbonyl (C=O) groups is 2. The van der Waals surface area contributed by atoms with Gasteiger partial charge in [-0.3, -0.25) is 14.5 Å². The largest absolute Gasteiger partial charge is 0.478 e. The van der Waals surface area contributed by atoms with Crippen molar-refractivity contribution in [3.63, 3.8) is 0 Å². The Hall–Kier alpha value is -3.02. The van der Waals surface area contributed by atoms with Crippen LogP contribution >= 0.6 is 0 Å². The number of aryl methyl sites for hydroxylation is 1. The number of ether oxygens (including phenoxy) is 1. The number of para-hydroxylation sites is 2. The van der Waals surface area contributed by atoms with E-state index in [9.17, 15) is 9.59 Å². The van der Waals surface area contributed by atoms with Gasteiger partial charge in [0.05, 0.1) is 5.69 Å². The van der Waals surface area contributed by atoms with Crippen LogP contribution in [0, 0.1) is 6.92 Å². The summed E-state index contributed by atoms with van der Waals surface area (Å²) >= 11 is 0. The van der Waals surface area contributed by atoms with Gasteiger partial charge in [0.15, 0.2) is 6.10 Å². The molecule has 0 aliphatic carbocycles. The number of amides is 2. The Balaban J connectivity index is 1.52. The average molecular weight is 410 g/mol. The highest BCUT2D eigenvalue weighted by atomic mass is 16.5. The first-order valence-electron chi connectivity index (χ1n) is 10.7. The number of fused-ring (bicyclic) bond motifs is 1. The first-order chi connectivity index (χ1) is 14.5. The lowest BCUT2D eigenvalue weighted by molar-refractivity contribution is -0.129. The molecule has 0 aromatic heterocycles. The first-order valence-corrected chi connectivity index (χ1v) is 10.7. The van der Waals surface area contributed by atoms with Crippen molar-refractivity contribution in [2.24, 2.45) is 0 Å². The predicted octanol–water partition coefficient (Wildman–Crippen LogP) is 3.53. The smallest absolute Gasteiger partial charge is 0.268 e. The van der Waals surface area contributed by atoms with Crippen LogP contribution in [-0.2, 0) is 9.59 Å². The van der Waals surface area contributed by atoms with E-state index in [4.69, 9.17) is 4.74 Å². The summed E-state index contributed by atoms with van der Waals surface area (Å²) in [6.07, 6.45) is 0.857. The number of nitrogens with zero attached hydrogens (tertiary/aromatic N) is 2. The molecule has 0 bridgehead atoms. The monoisotopic (exact) mass is 409 g/mol. The molecule has 1 aliphatic rings. The molecule has 1 N–H and O–H groups in total. The molecule has 1 aliphatic heterocycles. The van der Waals surface area contributed by atoms with Gasteiger partial charge in [-0.1, -0.05) is 31.2 Å². The number of carbonyl (C=O) groups excluding carboxylic acids is 2. The molecule has 6 heteroatoms. The summed E-state index contributed by atoms with van der Waals surface area (Å²) in [6.45, 7) is 8.47. The molecule has 160 valence electrons. The van der Waals surface area contributed by atoms with E-state index in [1.807, 2.05) is 31.2 Å². The van der Waals surface area contributed by atoms with Crippen LogP contribution in [0.15, 0.2) is 48.5 Å². The molecule has 3 rings (SSSR count). The van der Waals surface area contributed by atoms with Crippen molar-refractivity contribution >= 4 is 23.2 Å². The lowest BCUT2D eigenvalue weighted by Gasteiger charge is -2.33. The van der Waals surface area contributed by atoms with E-state index in [0.29, 0.717) is 24.4 Å². The molecule has 30 heavy (non-hydrogen) atoms. The van der Waals surface area contributed by atoms with E-state index in [1.165, 1.54) is 16.2 Å². The fourth-order valence-corrected chi connectivity index (χ4v) is 3.69. The Labute approximate surface area is 178 Å². The van der Waals surface area contributed by atoms with Gasteiger partial charge >= 0.3 is 0 Å². The topological polar surface area (TPSA) is 61.9 Å². The third kappa shape index (κ3) is 5.12. The summed E-state index contributed by atoms with van der Waals surface area (Å²) in [7, 11) is 0. The van der Waals surface area contributed by atoms with Crippen molar-refractivity contribution in [2.75, 3.05) is 36.0 Å². The van der Waals surface area contributed by atoms with Crippen LogP contribution in [0.4, 0.5) is 11.4 Å². The molecular formula is C24H31N3O3. The molecule has 0 radical (unpaired) electrons.